The van der Waals surface area contributed by atoms with E-state index in [0.717, 1.165) is 11.4 Å². The number of hydrogen-bond donors (Lipinski definition) is 1. The van der Waals surface area contributed by atoms with Crippen molar-refractivity contribution in [3.05, 3.63) is 29.3 Å². The average Bonchev–Trinajstić information content (AvgIpc) is 2.60. The summed E-state index contributed by atoms with van der Waals surface area (Å²) in [4.78, 5) is 0. The summed E-state index contributed by atoms with van der Waals surface area (Å²) < 4.78 is 1.86. The van der Waals surface area contributed by atoms with Crippen molar-refractivity contribution in [1.82, 2.24) is 14.8 Å². The standard InChI is InChI=1S/C10H11ClN4/c1-12-10-14-13-9(15(10)2)7-5-3-4-6-8(7)11/h3-6H,1-2H3,(H,12,14). The molecule has 1 heterocycles. The molecule has 1 aromatic carbocycles. The predicted molar refractivity (Wildman–Crippen MR) is 61.0 cm³/mol. The van der Waals surface area contributed by atoms with Gasteiger partial charge < -0.3 is 5.32 Å². The number of nitrogens with one attached hydrogen (secondary N) is 1. The highest BCUT2D eigenvalue weighted by molar-refractivity contribution is 6.33. The predicted octanol–water partition coefficient (Wildman–Crippen LogP) is 2.18. The van der Waals surface area contributed by atoms with Gasteiger partial charge >= 0.3 is 0 Å². The molecule has 0 saturated carbocycles. The van der Waals surface area contributed by atoms with E-state index in [1.54, 1.807) is 7.05 Å². The fourth-order valence-electron chi connectivity index (χ4n) is 1.42. The summed E-state index contributed by atoms with van der Waals surface area (Å²) in [7, 11) is 3.70. The Morgan fingerprint density at radius 3 is 2.60 bits per heavy atom. The van der Waals surface area contributed by atoms with E-state index in [9.17, 15) is 0 Å². The van der Waals surface area contributed by atoms with Gasteiger partial charge in [0.1, 0.15) is 0 Å². The Balaban J connectivity index is 2.55. The molecule has 2 aromatic rings. The molecule has 0 amide bonds. The van der Waals surface area contributed by atoms with Gasteiger partial charge in [-0.25, -0.2) is 0 Å². The molecule has 0 fully saturated rings. The van der Waals surface area contributed by atoms with Crippen molar-refractivity contribution in [2.45, 2.75) is 0 Å². The van der Waals surface area contributed by atoms with E-state index < -0.39 is 0 Å². The minimum absolute atomic E-state index is 0.677. The first kappa shape index (κ1) is 9.98. The van der Waals surface area contributed by atoms with E-state index in [-0.39, 0.29) is 0 Å². The Bertz CT molecular complexity index is 478. The molecular weight excluding hydrogens is 212 g/mol. The maximum atomic E-state index is 6.08. The molecule has 0 aliphatic rings. The maximum absolute atomic E-state index is 6.08. The number of nitrogens with zero attached hydrogens (tertiary/aromatic N) is 3. The molecule has 0 spiro atoms. The van der Waals surface area contributed by atoms with Crippen molar-refractivity contribution >= 4 is 17.5 Å². The summed E-state index contributed by atoms with van der Waals surface area (Å²) in [5.74, 6) is 1.47. The quantitative estimate of drug-likeness (QED) is 0.847. The molecule has 2 rings (SSSR count). The van der Waals surface area contributed by atoms with Crippen molar-refractivity contribution in [3.63, 3.8) is 0 Å². The van der Waals surface area contributed by atoms with Crippen molar-refractivity contribution in [2.24, 2.45) is 7.05 Å². The normalized spacial score (nSPS) is 10.3. The molecule has 1 N–H and O–H groups in total. The Morgan fingerprint density at radius 2 is 2.00 bits per heavy atom. The molecular formula is C10H11ClN4. The number of benzene rings is 1. The number of halogens is 1. The molecule has 0 aliphatic carbocycles. The first-order valence-corrected chi connectivity index (χ1v) is 4.94. The van der Waals surface area contributed by atoms with E-state index in [0.29, 0.717) is 11.0 Å². The lowest BCUT2D eigenvalue weighted by Crippen LogP contribution is -1.99. The van der Waals surface area contributed by atoms with Gasteiger partial charge in [-0.1, -0.05) is 23.7 Å². The van der Waals surface area contributed by atoms with Crippen molar-refractivity contribution in [1.29, 1.82) is 0 Å². The topological polar surface area (TPSA) is 42.7 Å². The second kappa shape index (κ2) is 3.90. The van der Waals surface area contributed by atoms with E-state index in [2.05, 4.69) is 15.5 Å². The molecule has 0 saturated heterocycles. The maximum Gasteiger partial charge on any atom is 0.224 e. The molecule has 0 unspecified atom stereocenters. The van der Waals surface area contributed by atoms with Crippen molar-refractivity contribution in [2.75, 3.05) is 12.4 Å². The molecule has 78 valence electrons. The minimum atomic E-state index is 0.677. The smallest absolute Gasteiger partial charge is 0.224 e. The van der Waals surface area contributed by atoms with Gasteiger partial charge in [-0.15, -0.1) is 10.2 Å². The highest BCUT2D eigenvalue weighted by Gasteiger charge is 2.11. The van der Waals surface area contributed by atoms with E-state index >= 15 is 0 Å². The average molecular weight is 223 g/mol. The molecule has 15 heavy (non-hydrogen) atoms. The van der Waals surface area contributed by atoms with Gasteiger partial charge in [0.15, 0.2) is 5.82 Å². The van der Waals surface area contributed by atoms with Crippen LogP contribution in [0, 0.1) is 0 Å². The molecule has 0 atom stereocenters. The lowest BCUT2D eigenvalue weighted by molar-refractivity contribution is 0.925. The largest absolute Gasteiger partial charge is 0.357 e. The number of anilines is 1. The van der Waals surface area contributed by atoms with Crippen LogP contribution >= 0.6 is 11.6 Å². The zero-order chi connectivity index (χ0) is 10.8. The third kappa shape index (κ3) is 1.68. The number of aromatic nitrogens is 3. The van der Waals surface area contributed by atoms with Crippen LogP contribution in [0.15, 0.2) is 24.3 Å². The molecule has 4 nitrogen and oxygen atoms in total. The molecule has 0 radical (unpaired) electrons. The van der Waals surface area contributed by atoms with Crippen molar-refractivity contribution in [3.8, 4) is 11.4 Å². The van der Waals surface area contributed by atoms with Gasteiger partial charge in [0.2, 0.25) is 5.95 Å². The molecule has 0 bridgehead atoms. The van der Waals surface area contributed by atoms with Crippen LogP contribution in [0.2, 0.25) is 5.02 Å². The lowest BCUT2D eigenvalue weighted by atomic mass is 10.2. The van der Waals surface area contributed by atoms with Gasteiger partial charge in [-0.2, -0.15) is 0 Å². The fourth-order valence-corrected chi connectivity index (χ4v) is 1.64. The van der Waals surface area contributed by atoms with Crippen LogP contribution in [-0.2, 0) is 7.05 Å². The Morgan fingerprint density at radius 1 is 1.27 bits per heavy atom. The van der Waals surface area contributed by atoms with Crippen LogP contribution in [0.5, 0.6) is 0 Å². The van der Waals surface area contributed by atoms with E-state index in [1.807, 2.05) is 35.9 Å². The Hall–Kier alpha value is -1.55. The fraction of sp³-hybridized carbons (Fsp3) is 0.200. The highest BCUT2D eigenvalue weighted by Crippen LogP contribution is 2.26. The Kier molecular flexibility index (Phi) is 2.60. The van der Waals surface area contributed by atoms with Crippen LogP contribution in [0.3, 0.4) is 0 Å². The van der Waals surface area contributed by atoms with Crippen LogP contribution in [0.1, 0.15) is 0 Å². The zero-order valence-electron chi connectivity index (χ0n) is 8.53. The van der Waals surface area contributed by atoms with E-state index in [4.69, 9.17) is 11.6 Å². The number of rotatable bonds is 2. The van der Waals surface area contributed by atoms with Crippen LogP contribution in [0.25, 0.3) is 11.4 Å². The van der Waals surface area contributed by atoms with Gasteiger partial charge in [0.05, 0.1) is 5.02 Å². The first-order chi connectivity index (χ1) is 7.24. The van der Waals surface area contributed by atoms with Crippen LogP contribution in [-0.4, -0.2) is 21.8 Å². The summed E-state index contributed by atoms with van der Waals surface area (Å²) in [6, 6.07) is 7.58. The Labute approximate surface area is 92.9 Å². The minimum Gasteiger partial charge on any atom is -0.357 e. The van der Waals surface area contributed by atoms with Gasteiger partial charge in [-0.05, 0) is 12.1 Å². The van der Waals surface area contributed by atoms with Gasteiger partial charge in [-0.3, -0.25) is 4.57 Å². The molecule has 1 aromatic heterocycles. The van der Waals surface area contributed by atoms with Gasteiger partial charge in [0.25, 0.3) is 0 Å². The zero-order valence-corrected chi connectivity index (χ0v) is 9.28. The summed E-state index contributed by atoms with van der Waals surface area (Å²) in [6.45, 7) is 0. The van der Waals surface area contributed by atoms with Crippen molar-refractivity contribution < 1.29 is 0 Å². The summed E-state index contributed by atoms with van der Waals surface area (Å²) in [5.41, 5.74) is 0.885. The third-order valence-electron chi connectivity index (χ3n) is 2.21. The third-order valence-corrected chi connectivity index (χ3v) is 2.54. The van der Waals surface area contributed by atoms with Crippen LogP contribution in [0.4, 0.5) is 5.95 Å². The van der Waals surface area contributed by atoms with Gasteiger partial charge in [0, 0.05) is 19.7 Å². The highest BCUT2D eigenvalue weighted by atomic mass is 35.5. The second-order valence-electron chi connectivity index (χ2n) is 3.14. The van der Waals surface area contributed by atoms with E-state index in [1.165, 1.54) is 0 Å². The SMILES string of the molecule is CNc1nnc(-c2ccccc2Cl)n1C. The first-order valence-electron chi connectivity index (χ1n) is 4.56. The summed E-state index contributed by atoms with van der Waals surface area (Å²) in [6.07, 6.45) is 0. The van der Waals surface area contributed by atoms with Crippen LogP contribution < -0.4 is 5.32 Å². The summed E-state index contributed by atoms with van der Waals surface area (Å²) >= 11 is 6.08. The summed E-state index contributed by atoms with van der Waals surface area (Å²) in [5, 5.41) is 11.7. The number of hydrogen-bond acceptors (Lipinski definition) is 3. The monoisotopic (exact) mass is 222 g/mol. The molecule has 0 aliphatic heterocycles. The second-order valence-corrected chi connectivity index (χ2v) is 3.54. The molecule has 5 heteroatoms. The lowest BCUT2D eigenvalue weighted by Gasteiger charge is -2.04.